The highest BCUT2D eigenvalue weighted by Gasteiger charge is 2.35. The van der Waals surface area contributed by atoms with Crippen molar-refractivity contribution in [3.63, 3.8) is 0 Å². The molecule has 3 unspecified atom stereocenters. The van der Waals surface area contributed by atoms with Crippen LogP contribution in [0.5, 0.6) is 0 Å². The van der Waals surface area contributed by atoms with Crippen LogP contribution in [0.4, 0.5) is 0 Å². The molecule has 1 rings (SSSR count). The molecule has 0 fully saturated rings. The third kappa shape index (κ3) is 4.12. The van der Waals surface area contributed by atoms with Gasteiger partial charge in [-0.25, -0.2) is 0 Å². The second-order valence-corrected chi connectivity index (χ2v) is 5.44. The van der Waals surface area contributed by atoms with Crippen molar-refractivity contribution in [1.82, 2.24) is 15.1 Å². The van der Waals surface area contributed by atoms with Crippen LogP contribution in [0.3, 0.4) is 0 Å². The molecule has 0 aromatic heterocycles. The fraction of sp³-hybridized carbons (Fsp3) is 0.643. The van der Waals surface area contributed by atoms with Gasteiger partial charge in [0.2, 0.25) is 0 Å². The van der Waals surface area contributed by atoms with Crippen LogP contribution in [0.2, 0.25) is 0 Å². The Morgan fingerprint density at radius 2 is 2.14 bits per heavy atom. The summed E-state index contributed by atoms with van der Waals surface area (Å²) in [6.07, 6.45) is 1.15. The molecular formula is C14H25N5O2. The third-order valence-corrected chi connectivity index (χ3v) is 3.47. The molecule has 1 aliphatic rings. The first-order chi connectivity index (χ1) is 9.79. The summed E-state index contributed by atoms with van der Waals surface area (Å²) in [4.78, 5) is 24.2. The molecule has 0 radical (unpaired) electrons. The lowest BCUT2D eigenvalue weighted by Gasteiger charge is -2.29. The maximum absolute atomic E-state index is 12.7. The first kappa shape index (κ1) is 17.3. The fourth-order valence-corrected chi connectivity index (χ4v) is 2.23. The monoisotopic (exact) mass is 295 g/mol. The SMILES string of the molecule is C=N/C(C)=C(/CC(C)O)N(C)C(=O)C1N=CNC1N(C)C. The van der Waals surface area contributed by atoms with Crippen LogP contribution in [-0.4, -0.2) is 73.3 Å². The number of amides is 1. The molecule has 7 nitrogen and oxygen atoms in total. The predicted octanol–water partition coefficient (Wildman–Crippen LogP) is 0.0356. The second kappa shape index (κ2) is 7.33. The van der Waals surface area contributed by atoms with Crippen molar-refractivity contribution in [3.05, 3.63) is 11.4 Å². The summed E-state index contributed by atoms with van der Waals surface area (Å²) in [6, 6.07) is -0.522. The van der Waals surface area contributed by atoms with Crippen molar-refractivity contribution in [2.24, 2.45) is 9.98 Å². The highest BCUT2D eigenvalue weighted by molar-refractivity contribution is 5.87. The Bertz CT molecular complexity index is 456. The van der Waals surface area contributed by atoms with Gasteiger partial charge in [0.25, 0.3) is 5.91 Å². The van der Waals surface area contributed by atoms with Gasteiger partial charge in [-0.05, 0) is 34.7 Å². The lowest BCUT2D eigenvalue weighted by molar-refractivity contribution is -0.131. The molecule has 1 amide bonds. The molecular weight excluding hydrogens is 270 g/mol. The Kier molecular flexibility index (Phi) is 6.04. The van der Waals surface area contributed by atoms with Gasteiger partial charge in [0, 0.05) is 19.2 Å². The van der Waals surface area contributed by atoms with Gasteiger partial charge in [-0.1, -0.05) is 0 Å². The molecule has 0 aliphatic carbocycles. The Morgan fingerprint density at radius 3 is 2.62 bits per heavy atom. The maximum Gasteiger partial charge on any atom is 0.254 e. The number of rotatable bonds is 6. The molecule has 7 heteroatoms. The lowest BCUT2D eigenvalue weighted by atomic mass is 10.1. The van der Waals surface area contributed by atoms with E-state index < -0.39 is 12.1 Å². The summed E-state index contributed by atoms with van der Waals surface area (Å²) in [6.45, 7) is 6.94. The van der Waals surface area contributed by atoms with Crippen molar-refractivity contribution < 1.29 is 9.90 Å². The highest BCUT2D eigenvalue weighted by atomic mass is 16.3. The average molecular weight is 295 g/mol. The molecule has 3 atom stereocenters. The predicted molar refractivity (Wildman–Crippen MR) is 84.2 cm³/mol. The van der Waals surface area contributed by atoms with Crippen molar-refractivity contribution in [2.75, 3.05) is 21.1 Å². The van der Waals surface area contributed by atoms with E-state index in [0.717, 1.165) is 0 Å². The van der Waals surface area contributed by atoms with E-state index in [1.807, 2.05) is 19.0 Å². The minimum Gasteiger partial charge on any atom is -0.393 e. The molecule has 21 heavy (non-hydrogen) atoms. The van der Waals surface area contributed by atoms with Gasteiger partial charge in [-0.2, -0.15) is 0 Å². The first-order valence-corrected chi connectivity index (χ1v) is 6.85. The lowest BCUT2D eigenvalue weighted by Crippen LogP contribution is -2.50. The standard InChI is InChI=1S/C14H25N5O2/c1-9(20)7-11(10(2)15-3)19(6)14(21)12-13(18(4)5)17-8-16-12/h8-9,12-13,20H,3,7H2,1-2,4-6H3,(H,16,17)/b11-10-. The number of aliphatic imine (C=N–C) groups is 2. The zero-order valence-corrected chi connectivity index (χ0v) is 13.4. The smallest absolute Gasteiger partial charge is 0.254 e. The number of aliphatic hydroxyl groups is 1. The summed E-state index contributed by atoms with van der Waals surface area (Å²) < 4.78 is 0. The van der Waals surface area contributed by atoms with E-state index >= 15 is 0 Å². The largest absolute Gasteiger partial charge is 0.393 e. The molecule has 1 aliphatic heterocycles. The summed E-state index contributed by atoms with van der Waals surface area (Å²) in [5, 5.41) is 12.7. The molecule has 0 spiro atoms. The van der Waals surface area contributed by atoms with E-state index in [-0.39, 0.29) is 12.1 Å². The molecule has 0 saturated heterocycles. The summed E-state index contributed by atoms with van der Waals surface area (Å²) in [7, 11) is 5.45. The fourth-order valence-electron chi connectivity index (χ4n) is 2.23. The van der Waals surface area contributed by atoms with Crippen molar-refractivity contribution in [1.29, 1.82) is 0 Å². The number of hydrogen-bond donors (Lipinski definition) is 2. The van der Waals surface area contributed by atoms with Crippen LogP contribution in [-0.2, 0) is 4.79 Å². The van der Waals surface area contributed by atoms with E-state index in [1.54, 1.807) is 27.2 Å². The van der Waals surface area contributed by atoms with Gasteiger partial charge in [0.1, 0.15) is 6.17 Å². The van der Waals surface area contributed by atoms with Crippen LogP contribution in [0.1, 0.15) is 20.3 Å². The number of nitrogens with one attached hydrogen (secondary N) is 1. The summed E-state index contributed by atoms with van der Waals surface area (Å²) in [5.74, 6) is -0.145. The van der Waals surface area contributed by atoms with E-state index in [1.165, 1.54) is 4.90 Å². The Labute approximate surface area is 126 Å². The topological polar surface area (TPSA) is 80.5 Å². The second-order valence-electron chi connectivity index (χ2n) is 5.44. The quantitative estimate of drug-likeness (QED) is 0.678. The van der Waals surface area contributed by atoms with Crippen LogP contribution < -0.4 is 5.32 Å². The molecule has 2 N–H and O–H groups in total. The van der Waals surface area contributed by atoms with Crippen LogP contribution in [0.25, 0.3) is 0 Å². The molecule has 0 aromatic carbocycles. The van der Waals surface area contributed by atoms with Gasteiger partial charge < -0.3 is 15.3 Å². The minimum absolute atomic E-state index is 0.145. The van der Waals surface area contributed by atoms with Crippen LogP contribution in [0, 0.1) is 0 Å². The first-order valence-electron chi connectivity index (χ1n) is 6.85. The van der Waals surface area contributed by atoms with Crippen LogP contribution >= 0.6 is 0 Å². The van der Waals surface area contributed by atoms with Crippen LogP contribution in [0.15, 0.2) is 21.4 Å². The highest BCUT2D eigenvalue weighted by Crippen LogP contribution is 2.19. The van der Waals surface area contributed by atoms with E-state index in [9.17, 15) is 9.90 Å². The van der Waals surface area contributed by atoms with Gasteiger partial charge in [0.05, 0.1) is 18.1 Å². The van der Waals surface area contributed by atoms with Gasteiger partial charge in [0.15, 0.2) is 6.04 Å². The van der Waals surface area contributed by atoms with Gasteiger partial charge in [-0.3, -0.25) is 19.7 Å². The molecule has 0 aromatic rings. The Balaban J connectivity index is 2.98. The van der Waals surface area contributed by atoms with Gasteiger partial charge in [-0.15, -0.1) is 0 Å². The van der Waals surface area contributed by atoms with Crippen molar-refractivity contribution in [2.45, 2.75) is 38.6 Å². The van der Waals surface area contributed by atoms with Crippen molar-refractivity contribution in [3.8, 4) is 0 Å². The number of carbonyl (C=O) groups excluding carboxylic acids is 1. The van der Waals surface area contributed by atoms with E-state index in [0.29, 0.717) is 17.8 Å². The minimum atomic E-state index is -0.568. The molecule has 118 valence electrons. The number of allylic oxidation sites excluding steroid dienone is 1. The third-order valence-electron chi connectivity index (χ3n) is 3.47. The summed E-state index contributed by atoms with van der Waals surface area (Å²) in [5.41, 5.74) is 1.28. The van der Waals surface area contributed by atoms with Crippen molar-refractivity contribution >= 4 is 19.0 Å². The molecule has 1 heterocycles. The van der Waals surface area contributed by atoms with E-state index in [4.69, 9.17) is 0 Å². The zero-order valence-electron chi connectivity index (χ0n) is 13.4. The Morgan fingerprint density at radius 1 is 1.52 bits per heavy atom. The molecule has 0 bridgehead atoms. The Hall–Kier alpha value is -1.73. The molecule has 0 saturated carbocycles. The summed E-state index contributed by atoms with van der Waals surface area (Å²) >= 11 is 0. The zero-order chi connectivity index (χ0) is 16.2. The number of aliphatic hydroxyl groups excluding tert-OH is 1. The number of carbonyl (C=O) groups is 1. The average Bonchev–Trinajstić information content (AvgIpc) is 2.91. The number of hydrogen-bond acceptors (Lipinski definition) is 6. The number of likely N-dealkylation sites (N-methyl/N-ethyl adjacent to an activating group) is 2. The maximum atomic E-state index is 12.7. The van der Waals surface area contributed by atoms with E-state index in [2.05, 4.69) is 22.0 Å². The normalized spacial score (nSPS) is 23.6. The number of nitrogens with zero attached hydrogens (tertiary/aromatic N) is 4. The van der Waals surface area contributed by atoms with Gasteiger partial charge >= 0.3 is 0 Å².